The Morgan fingerprint density at radius 3 is 2.20 bits per heavy atom. The Bertz CT molecular complexity index is 695. The molecule has 0 saturated carbocycles. The van der Waals surface area contributed by atoms with Gasteiger partial charge in [-0.25, -0.2) is 4.98 Å². The molecule has 1 heterocycles. The molecule has 0 aliphatic rings. The highest BCUT2D eigenvalue weighted by molar-refractivity contribution is 5.94. The maximum Gasteiger partial charge on any atom is 0.251 e. The molecule has 5 heteroatoms. The van der Waals surface area contributed by atoms with Gasteiger partial charge in [0.05, 0.1) is 0 Å². The number of hydrogen-bond donors (Lipinski definition) is 1. The van der Waals surface area contributed by atoms with Crippen LogP contribution in [-0.2, 0) is 13.1 Å². The molecule has 0 spiro atoms. The summed E-state index contributed by atoms with van der Waals surface area (Å²) >= 11 is 0. The number of anilines is 1. The minimum absolute atomic E-state index is 0.0694. The predicted molar refractivity (Wildman–Crippen MR) is 103 cm³/mol. The zero-order valence-corrected chi connectivity index (χ0v) is 15.8. The van der Waals surface area contributed by atoms with Crippen molar-refractivity contribution in [1.29, 1.82) is 0 Å². The Morgan fingerprint density at radius 1 is 1.04 bits per heavy atom. The van der Waals surface area contributed by atoms with Gasteiger partial charge in [-0.2, -0.15) is 0 Å². The van der Waals surface area contributed by atoms with Crippen molar-refractivity contribution >= 4 is 11.7 Å². The molecule has 2 rings (SSSR count). The van der Waals surface area contributed by atoms with E-state index in [9.17, 15) is 4.79 Å². The highest BCUT2D eigenvalue weighted by Crippen LogP contribution is 2.15. The van der Waals surface area contributed by atoms with E-state index in [2.05, 4.69) is 53.6 Å². The smallest absolute Gasteiger partial charge is 0.251 e. The van der Waals surface area contributed by atoms with Gasteiger partial charge in [-0.3, -0.25) is 4.79 Å². The molecule has 5 nitrogen and oxygen atoms in total. The standard InChI is InChI=1S/C20H28N4O/c1-15(2)22-20(25)18-10-11-21-19(12-18)24(5)14-17-8-6-16(7-9-17)13-23(3)4/h6-12,15H,13-14H2,1-5H3,(H,22,25). The first-order valence-electron chi connectivity index (χ1n) is 8.55. The molecule has 25 heavy (non-hydrogen) atoms. The number of carbonyl (C=O) groups excluding carboxylic acids is 1. The van der Waals surface area contributed by atoms with E-state index in [-0.39, 0.29) is 11.9 Å². The summed E-state index contributed by atoms with van der Waals surface area (Å²) in [4.78, 5) is 20.7. The lowest BCUT2D eigenvalue weighted by Gasteiger charge is -2.19. The van der Waals surface area contributed by atoms with Crippen molar-refractivity contribution in [3.8, 4) is 0 Å². The molecule has 0 aliphatic carbocycles. The number of nitrogens with zero attached hydrogens (tertiary/aromatic N) is 3. The first-order valence-corrected chi connectivity index (χ1v) is 8.55. The summed E-state index contributed by atoms with van der Waals surface area (Å²) in [6.45, 7) is 5.58. The molecule has 134 valence electrons. The summed E-state index contributed by atoms with van der Waals surface area (Å²) < 4.78 is 0. The number of carbonyl (C=O) groups is 1. The van der Waals surface area contributed by atoms with Crippen molar-refractivity contribution in [2.75, 3.05) is 26.0 Å². The van der Waals surface area contributed by atoms with Crippen LogP contribution in [0.4, 0.5) is 5.82 Å². The van der Waals surface area contributed by atoms with Crippen LogP contribution < -0.4 is 10.2 Å². The fourth-order valence-electron chi connectivity index (χ4n) is 2.58. The van der Waals surface area contributed by atoms with E-state index in [0.29, 0.717) is 5.56 Å². The minimum Gasteiger partial charge on any atom is -0.355 e. The lowest BCUT2D eigenvalue weighted by Crippen LogP contribution is -2.30. The molecule has 1 aromatic carbocycles. The molecule has 0 radical (unpaired) electrons. The van der Waals surface area contributed by atoms with Gasteiger partial charge in [-0.15, -0.1) is 0 Å². The SMILES string of the molecule is CC(C)NC(=O)c1ccnc(N(C)Cc2ccc(CN(C)C)cc2)c1. The second kappa shape index (κ2) is 8.62. The van der Waals surface area contributed by atoms with Gasteiger partial charge in [0, 0.05) is 37.9 Å². The molecule has 1 N–H and O–H groups in total. The molecule has 1 aromatic heterocycles. The molecule has 0 fully saturated rings. The van der Waals surface area contributed by atoms with E-state index < -0.39 is 0 Å². The number of hydrogen-bond acceptors (Lipinski definition) is 4. The van der Waals surface area contributed by atoms with Gasteiger partial charge >= 0.3 is 0 Å². The maximum atomic E-state index is 12.2. The van der Waals surface area contributed by atoms with Gasteiger partial charge in [-0.05, 0) is 51.2 Å². The van der Waals surface area contributed by atoms with Crippen LogP contribution in [0, 0.1) is 0 Å². The molecule has 0 aliphatic heterocycles. The number of amides is 1. The summed E-state index contributed by atoms with van der Waals surface area (Å²) in [6.07, 6.45) is 1.68. The van der Waals surface area contributed by atoms with E-state index >= 15 is 0 Å². The normalized spacial score (nSPS) is 11.0. The van der Waals surface area contributed by atoms with Crippen molar-refractivity contribution in [2.45, 2.75) is 33.0 Å². The van der Waals surface area contributed by atoms with Crippen LogP contribution >= 0.6 is 0 Å². The zero-order chi connectivity index (χ0) is 18.4. The number of rotatable bonds is 7. The zero-order valence-electron chi connectivity index (χ0n) is 15.8. The number of pyridine rings is 1. The van der Waals surface area contributed by atoms with E-state index in [1.807, 2.05) is 31.9 Å². The Balaban J connectivity index is 2.05. The molecular weight excluding hydrogens is 312 g/mol. The lowest BCUT2D eigenvalue weighted by molar-refractivity contribution is 0.0943. The monoisotopic (exact) mass is 340 g/mol. The Labute approximate surface area is 150 Å². The van der Waals surface area contributed by atoms with Crippen molar-refractivity contribution in [3.05, 3.63) is 59.3 Å². The number of nitrogens with one attached hydrogen (secondary N) is 1. The molecule has 1 amide bonds. The third-order valence-electron chi connectivity index (χ3n) is 3.76. The van der Waals surface area contributed by atoms with E-state index in [4.69, 9.17) is 0 Å². The second-order valence-electron chi connectivity index (χ2n) is 6.94. The number of benzene rings is 1. The van der Waals surface area contributed by atoms with Crippen LogP contribution in [-0.4, -0.2) is 43.0 Å². The maximum absolute atomic E-state index is 12.2. The van der Waals surface area contributed by atoms with Gasteiger partial charge in [-0.1, -0.05) is 24.3 Å². The Kier molecular flexibility index (Phi) is 6.53. The average Bonchev–Trinajstić information content (AvgIpc) is 2.55. The summed E-state index contributed by atoms with van der Waals surface area (Å²) in [6, 6.07) is 12.3. The fraction of sp³-hybridized carbons (Fsp3) is 0.400. The predicted octanol–water partition coefficient (Wildman–Crippen LogP) is 2.92. The second-order valence-corrected chi connectivity index (χ2v) is 6.94. The molecular formula is C20H28N4O. The van der Waals surface area contributed by atoms with E-state index in [0.717, 1.165) is 18.9 Å². The molecule has 0 saturated heterocycles. The fourth-order valence-corrected chi connectivity index (χ4v) is 2.58. The highest BCUT2D eigenvalue weighted by atomic mass is 16.1. The third-order valence-corrected chi connectivity index (χ3v) is 3.76. The summed E-state index contributed by atoms with van der Waals surface area (Å²) in [5, 5.41) is 2.91. The van der Waals surface area contributed by atoms with Gasteiger partial charge < -0.3 is 15.1 Å². The molecule has 0 atom stereocenters. The molecule has 0 bridgehead atoms. The lowest BCUT2D eigenvalue weighted by atomic mass is 10.1. The van der Waals surface area contributed by atoms with E-state index in [1.165, 1.54) is 11.1 Å². The highest BCUT2D eigenvalue weighted by Gasteiger charge is 2.10. The quantitative estimate of drug-likeness (QED) is 0.842. The van der Waals surface area contributed by atoms with Crippen LogP contribution in [0.2, 0.25) is 0 Å². The van der Waals surface area contributed by atoms with Gasteiger partial charge in [0.1, 0.15) is 5.82 Å². The van der Waals surface area contributed by atoms with Crippen molar-refractivity contribution in [2.24, 2.45) is 0 Å². The Morgan fingerprint density at radius 2 is 1.64 bits per heavy atom. The van der Waals surface area contributed by atoms with Crippen LogP contribution in [0.15, 0.2) is 42.6 Å². The van der Waals surface area contributed by atoms with Crippen LogP contribution in [0.1, 0.15) is 35.3 Å². The molecule has 0 unspecified atom stereocenters. The van der Waals surface area contributed by atoms with Crippen LogP contribution in [0.3, 0.4) is 0 Å². The Hall–Kier alpha value is -2.40. The van der Waals surface area contributed by atoms with Crippen molar-refractivity contribution in [3.63, 3.8) is 0 Å². The van der Waals surface area contributed by atoms with Gasteiger partial charge in [0.25, 0.3) is 5.91 Å². The molecule has 2 aromatic rings. The first kappa shape index (κ1) is 18.9. The minimum atomic E-state index is -0.0694. The summed E-state index contributed by atoms with van der Waals surface area (Å²) in [5.74, 6) is 0.717. The van der Waals surface area contributed by atoms with Crippen molar-refractivity contribution in [1.82, 2.24) is 15.2 Å². The summed E-state index contributed by atoms with van der Waals surface area (Å²) in [7, 11) is 6.12. The van der Waals surface area contributed by atoms with E-state index in [1.54, 1.807) is 12.3 Å². The van der Waals surface area contributed by atoms with Crippen LogP contribution in [0.25, 0.3) is 0 Å². The number of aromatic nitrogens is 1. The summed E-state index contributed by atoms with van der Waals surface area (Å²) in [5.41, 5.74) is 3.14. The van der Waals surface area contributed by atoms with Gasteiger partial charge in [0.2, 0.25) is 0 Å². The van der Waals surface area contributed by atoms with Gasteiger partial charge in [0.15, 0.2) is 0 Å². The van der Waals surface area contributed by atoms with Crippen molar-refractivity contribution < 1.29 is 4.79 Å². The largest absolute Gasteiger partial charge is 0.355 e. The average molecular weight is 340 g/mol. The third kappa shape index (κ3) is 5.87. The topological polar surface area (TPSA) is 48.5 Å². The van der Waals surface area contributed by atoms with Crippen LogP contribution in [0.5, 0.6) is 0 Å². The first-order chi connectivity index (χ1) is 11.8.